The largest absolute Gasteiger partial charge is 0.383 e. The minimum absolute atomic E-state index is 0.455. The molecule has 0 aliphatic carbocycles. The lowest BCUT2D eigenvalue weighted by molar-refractivity contribution is 0.178. The average Bonchev–Trinajstić information content (AvgIpc) is 2.25. The van der Waals surface area contributed by atoms with Gasteiger partial charge in [-0.3, -0.25) is 0 Å². The van der Waals surface area contributed by atoms with Crippen LogP contribution in [0, 0.1) is 11.3 Å². The highest BCUT2D eigenvalue weighted by Crippen LogP contribution is 2.32. The molecule has 0 aliphatic heterocycles. The molecule has 2 atom stereocenters. The molecule has 2 nitrogen and oxygen atoms in total. The zero-order valence-electron chi connectivity index (χ0n) is 12.6. The van der Waals surface area contributed by atoms with Gasteiger partial charge in [0.25, 0.3) is 0 Å². The third-order valence-electron chi connectivity index (χ3n) is 3.51. The van der Waals surface area contributed by atoms with Gasteiger partial charge in [0, 0.05) is 20.2 Å². The van der Waals surface area contributed by atoms with Crippen LogP contribution in [0.25, 0.3) is 0 Å². The van der Waals surface area contributed by atoms with Crippen molar-refractivity contribution in [2.75, 3.05) is 26.8 Å². The summed E-state index contributed by atoms with van der Waals surface area (Å²) < 4.78 is 5.07. The Labute approximate surface area is 109 Å². The second kappa shape index (κ2) is 9.90. The highest BCUT2D eigenvalue weighted by Gasteiger charge is 2.24. The average molecular weight is 243 g/mol. The Balaban J connectivity index is 4.05. The number of rotatable bonds is 11. The fourth-order valence-corrected chi connectivity index (χ4v) is 2.87. The molecular formula is C15H33NO. The van der Waals surface area contributed by atoms with Gasteiger partial charge in [0.05, 0.1) is 6.61 Å². The third kappa shape index (κ3) is 8.62. The van der Waals surface area contributed by atoms with Crippen LogP contribution in [0.15, 0.2) is 0 Å². The van der Waals surface area contributed by atoms with Gasteiger partial charge < -0.3 is 10.1 Å². The molecule has 0 aromatic heterocycles. The van der Waals surface area contributed by atoms with Gasteiger partial charge in [-0.1, -0.05) is 47.0 Å². The SMILES string of the molecule is CCCC(C)CC(C)(CCC)CNCCOC. The monoisotopic (exact) mass is 243 g/mol. The number of nitrogens with one attached hydrogen (secondary N) is 1. The summed E-state index contributed by atoms with van der Waals surface area (Å²) in [7, 11) is 1.76. The first-order valence-corrected chi connectivity index (χ1v) is 7.27. The van der Waals surface area contributed by atoms with Crippen LogP contribution in [0.2, 0.25) is 0 Å². The summed E-state index contributed by atoms with van der Waals surface area (Å²) in [5.41, 5.74) is 0.455. The van der Waals surface area contributed by atoms with E-state index in [9.17, 15) is 0 Å². The van der Waals surface area contributed by atoms with Crippen LogP contribution in [0.3, 0.4) is 0 Å². The van der Waals surface area contributed by atoms with Gasteiger partial charge in [0.15, 0.2) is 0 Å². The van der Waals surface area contributed by atoms with Crippen molar-refractivity contribution in [2.24, 2.45) is 11.3 Å². The lowest BCUT2D eigenvalue weighted by atomic mass is 9.77. The smallest absolute Gasteiger partial charge is 0.0587 e. The summed E-state index contributed by atoms with van der Waals surface area (Å²) in [6, 6.07) is 0. The van der Waals surface area contributed by atoms with Crippen LogP contribution < -0.4 is 5.32 Å². The summed E-state index contributed by atoms with van der Waals surface area (Å²) in [6.07, 6.45) is 6.61. The van der Waals surface area contributed by atoms with Crippen LogP contribution in [-0.4, -0.2) is 26.8 Å². The molecule has 0 aromatic rings. The Morgan fingerprint density at radius 2 is 1.94 bits per heavy atom. The topological polar surface area (TPSA) is 21.3 Å². The summed E-state index contributed by atoms with van der Waals surface area (Å²) in [5.74, 6) is 0.848. The van der Waals surface area contributed by atoms with E-state index in [-0.39, 0.29) is 0 Å². The molecule has 0 spiro atoms. The van der Waals surface area contributed by atoms with Crippen LogP contribution in [0.5, 0.6) is 0 Å². The number of ether oxygens (including phenoxy) is 1. The van der Waals surface area contributed by atoms with Crippen LogP contribution in [0.4, 0.5) is 0 Å². The minimum atomic E-state index is 0.455. The Hall–Kier alpha value is -0.0800. The first kappa shape index (κ1) is 16.9. The minimum Gasteiger partial charge on any atom is -0.383 e. The molecule has 104 valence electrons. The maximum Gasteiger partial charge on any atom is 0.0587 e. The molecular weight excluding hydrogens is 210 g/mol. The van der Waals surface area contributed by atoms with Gasteiger partial charge >= 0.3 is 0 Å². The summed E-state index contributed by atoms with van der Waals surface area (Å²) in [4.78, 5) is 0. The molecule has 0 heterocycles. The zero-order chi connectivity index (χ0) is 13.1. The quantitative estimate of drug-likeness (QED) is 0.556. The predicted molar refractivity (Wildman–Crippen MR) is 76.4 cm³/mol. The van der Waals surface area contributed by atoms with Crippen LogP contribution >= 0.6 is 0 Å². The normalized spacial score (nSPS) is 16.8. The molecule has 2 unspecified atom stereocenters. The second-order valence-corrected chi connectivity index (χ2v) is 5.83. The van der Waals surface area contributed by atoms with E-state index in [1.165, 1.54) is 32.1 Å². The van der Waals surface area contributed by atoms with Gasteiger partial charge in [-0.05, 0) is 24.2 Å². The van der Waals surface area contributed by atoms with E-state index in [0.717, 1.165) is 25.6 Å². The molecule has 2 heteroatoms. The molecule has 0 rings (SSSR count). The Morgan fingerprint density at radius 3 is 2.47 bits per heavy atom. The Bertz CT molecular complexity index is 172. The first-order chi connectivity index (χ1) is 8.08. The molecule has 0 aliphatic rings. The van der Waals surface area contributed by atoms with Crippen molar-refractivity contribution in [3.05, 3.63) is 0 Å². The Kier molecular flexibility index (Phi) is 9.85. The lowest BCUT2D eigenvalue weighted by Gasteiger charge is -2.32. The third-order valence-corrected chi connectivity index (χ3v) is 3.51. The predicted octanol–water partition coefficient (Wildman–Crippen LogP) is 3.86. The van der Waals surface area contributed by atoms with E-state index in [2.05, 4.69) is 33.0 Å². The molecule has 0 amide bonds. The molecule has 0 radical (unpaired) electrons. The van der Waals surface area contributed by atoms with Gasteiger partial charge in [0.2, 0.25) is 0 Å². The summed E-state index contributed by atoms with van der Waals surface area (Å²) in [5, 5.41) is 3.53. The van der Waals surface area contributed by atoms with E-state index < -0.39 is 0 Å². The van der Waals surface area contributed by atoms with Crippen LogP contribution in [0.1, 0.15) is 59.8 Å². The van der Waals surface area contributed by atoms with Crippen molar-refractivity contribution >= 4 is 0 Å². The van der Waals surface area contributed by atoms with Crippen molar-refractivity contribution < 1.29 is 4.74 Å². The first-order valence-electron chi connectivity index (χ1n) is 7.27. The molecule has 0 saturated heterocycles. The summed E-state index contributed by atoms with van der Waals surface area (Å²) in [6.45, 7) is 12.3. The summed E-state index contributed by atoms with van der Waals surface area (Å²) >= 11 is 0. The van der Waals surface area contributed by atoms with Gasteiger partial charge in [-0.25, -0.2) is 0 Å². The van der Waals surface area contributed by atoms with Crippen molar-refractivity contribution in [2.45, 2.75) is 59.8 Å². The van der Waals surface area contributed by atoms with E-state index in [4.69, 9.17) is 4.74 Å². The fraction of sp³-hybridized carbons (Fsp3) is 1.00. The molecule has 1 N–H and O–H groups in total. The lowest BCUT2D eigenvalue weighted by Crippen LogP contribution is -2.35. The van der Waals surface area contributed by atoms with Gasteiger partial charge in [0.1, 0.15) is 0 Å². The van der Waals surface area contributed by atoms with E-state index in [1.807, 2.05) is 0 Å². The number of methoxy groups -OCH3 is 1. The van der Waals surface area contributed by atoms with Crippen molar-refractivity contribution in [1.29, 1.82) is 0 Å². The van der Waals surface area contributed by atoms with E-state index in [1.54, 1.807) is 7.11 Å². The second-order valence-electron chi connectivity index (χ2n) is 5.83. The highest BCUT2D eigenvalue weighted by atomic mass is 16.5. The van der Waals surface area contributed by atoms with Crippen molar-refractivity contribution in [3.8, 4) is 0 Å². The van der Waals surface area contributed by atoms with Gasteiger partial charge in [-0.2, -0.15) is 0 Å². The van der Waals surface area contributed by atoms with Crippen molar-refractivity contribution in [3.63, 3.8) is 0 Å². The molecule has 0 fully saturated rings. The van der Waals surface area contributed by atoms with Gasteiger partial charge in [-0.15, -0.1) is 0 Å². The highest BCUT2D eigenvalue weighted by molar-refractivity contribution is 4.78. The fourth-order valence-electron chi connectivity index (χ4n) is 2.87. The zero-order valence-corrected chi connectivity index (χ0v) is 12.6. The molecule has 17 heavy (non-hydrogen) atoms. The van der Waals surface area contributed by atoms with E-state index >= 15 is 0 Å². The molecule has 0 aromatic carbocycles. The van der Waals surface area contributed by atoms with Crippen molar-refractivity contribution in [1.82, 2.24) is 5.32 Å². The Morgan fingerprint density at radius 1 is 1.24 bits per heavy atom. The molecule has 0 bridgehead atoms. The standard InChI is InChI=1S/C15H33NO/c1-6-8-14(3)12-15(4,9-7-2)13-16-10-11-17-5/h14,16H,6-13H2,1-5H3. The van der Waals surface area contributed by atoms with E-state index in [0.29, 0.717) is 5.41 Å². The molecule has 0 saturated carbocycles. The maximum atomic E-state index is 5.07. The number of hydrogen-bond donors (Lipinski definition) is 1. The number of hydrogen-bond acceptors (Lipinski definition) is 2. The van der Waals surface area contributed by atoms with Crippen LogP contribution in [-0.2, 0) is 4.74 Å². The maximum absolute atomic E-state index is 5.07.